The number of halogens is 3. The van der Waals surface area contributed by atoms with E-state index in [-0.39, 0.29) is 10.8 Å². The van der Waals surface area contributed by atoms with Crippen molar-refractivity contribution < 1.29 is 13.9 Å². The molecule has 0 aliphatic heterocycles. The van der Waals surface area contributed by atoms with E-state index >= 15 is 0 Å². The minimum atomic E-state index is -0.998. The van der Waals surface area contributed by atoms with E-state index in [4.69, 9.17) is 11.6 Å². The summed E-state index contributed by atoms with van der Waals surface area (Å²) in [5, 5.41) is 9.97. The summed E-state index contributed by atoms with van der Waals surface area (Å²) in [4.78, 5) is 0. The minimum Gasteiger partial charge on any atom is -0.384 e. The average molecular weight is 255 g/mol. The first-order valence-electron chi connectivity index (χ1n) is 4.96. The molecule has 0 aromatic heterocycles. The average Bonchev–Trinajstić information content (AvgIpc) is 2.33. The Morgan fingerprint density at radius 1 is 0.941 bits per heavy atom. The van der Waals surface area contributed by atoms with E-state index in [1.54, 1.807) is 0 Å². The van der Waals surface area contributed by atoms with Crippen LogP contribution in [-0.4, -0.2) is 5.11 Å². The first kappa shape index (κ1) is 12.0. The van der Waals surface area contributed by atoms with Crippen LogP contribution in [0.5, 0.6) is 0 Å². The summed E-state index contributed by atoms with van der Waals surface area (Å²) in [6.07, 6.45) is -0.998. The maximum absolute atomic E-state index is 13.2. The quantitative estimate of drug-likeness (QED) is 0.866. The summed E-state index contributed by atoms with van der Waals surface area (Å²) in [6, 6.07) is 9.45. The summed E-state index contributed by atoms with van der Waals surface area (Å²) < 4.78 is 25.9. The summed E-state index contributed by atoms with van der Waals surface area (Å²) in [5.41, 5.74) is 0.867. The molecule has 1 atom stereocenters. The van der Waals surface area contributed by atoms with Crippen molar-refractivity contribution in [3.05, 3.63) is 70.2 Å². The Hall–Kier alpha value is -1.45. The Bertz CT molecular complexity index is 525. The lowest BCUT2D eigenvalue weighted by Gasteiger charge is -2.11. The Kier molecular flexibility index (Phi) is 3.41. The zero-order chi connectivity index (χ0) is 12.4. The first-order valence-corrected chi connectivity index (χ1v) is 5.34. The predicted molar refractivity (Wildman–Crippen MR) is 61.9 cm³/mol. The van der Waals surface area contributed by atoms with E-state index in [1.165, 1.54) is 36.4 Å². The van der Waals surface area contributed by atoms with Crippen molar-refractivity contribution in [1.29, 1.82) is 0 Å². The molecule has 0 saturated carbocycles. The molecule has 1 nitrogen and oxygen atoms in total. The van der Waals surface area contributed by atoms with Crippen LogP contribution < -0.4 is 0 Å². The van der Waals surface area contributed by atoms with Gasteiger partial charge in [-0.2, -0.15) is 0 Å². The molecule has 0 aliphatic rings. The van der Waals surface area contributed by atoms with E-state index < -0.39 is 11.9 Å². The highest BCUT2D eigenvalue weighted by Gasteiger charge is 2.12. The van der Waals surface area contributed by atoms with Gasteiger partial charge in [-0.3, -0.25) is 0 Å². The van der Waals surface area contributed by atoms with Crippen LogP contribution in [0.15, 0.2) is 42.5 Å². The molecule has 0 radical (unpaired) electrons. The van der Waals surface area contributed by atoms with E-state index in [2.05, 4.69) is 0 Å². The summed E-state index contributed by atoms with van der Waals surface area (Å²) in [6.45, 7) is 0. The standard InChI is InChI=1S/C13H9ClF2O/c14-11-6-3-9(7-12(11)16)13(17)8-1-4-10(15)5-2-8/h1-7,13,17H/t13-/m0/s1. The Labute approximate surface area is 102 Å². The molecule has 2 rings (SSSR count). The van der Waals surface area contributed by atoms with Crippen LogP contribution in [0, 0.1) is 11.6 Å². The zero-order valence-electron chi connectivity index (χ0n) is 8.70. The third-order valence-corrected chi connectivity index (χ3v) is 2.75. The molecule has 2 aromatic carbocycles. The summed E-state index contributed by atoms with van der Waals surface area (Å²) >= 11 is 5.55. The van der Waals surface area contributed by atoms with Gasteiger partial charge in [0.05, 0.1) is 5.02 Å². The fraction of sp³-hybridized carbons (Fsp3) is 0.0769. The van der Waals surface area contributed by atoms with E-state index in [0.717, 1.165) is 6.07 Å². The lowest BCUT2D eigenvalue weighted by atomic mass is 10.0. The maximum atomic E-state index is 13.2. The van der Waals surface area contributed by atoms with E-state index in [1.807, 2.05) is 0 Å². The van der Waals surface area contributed by atoms with Crippen LogP contribution >= 0.6 is 11.6 Å². The first-order chi connectivity index (χ1) is 8.08. The van der Waals surface area contributed by atoms with Gasteiger partial charge < -0.3 is 5.11 Å². The van der Waals surface area contributed by atoms with Gasteiger partial charge in [-0.05, 0) is 35.4 Å². The van der Waals surface area contributed by atoms with Gasteiger partial charge in [0.25, 0.3) is 0 Å². The van der Waals surface area contributed by atoms with Crippen LogP contribution in [0.25, 0.3) is 0 Å². The topological polar surface area (TPSA) is 20.2 Å². The van der Waals surface area contributed by atoms with Crippen LogP contribution in [-0.2, 0) is 0 Å². The number of hydrogen-bond acceptors (Lipinski definition) is 1. The van der Waals surface area contributed by atoms with Crippen molar-refractivity contribution in [2.75, 3.05) is 0 Å². The van der Waals surface area contributed by atoms with Crippen molar-refractivity contribution in [2.24, 2.45) is 0 Å². The largest absolute Gasteiger partial charge is 0.384 e. The molecular weight excluding hydrogens is 246 g/mol. The molecule has 0 spiro atoms. The highest BCUT2D eigenvalue weighted by molar-refractivity contribution is 6.30. The zero-order valence-corrected chi connectivity index (χ0v) is 9.46. The Morgan fingerprint density at radius 3 is 2.12 bits per heavy atom. The van der Waals surface area contributed by atoms with Crippen molar-refractivity contribution in [1.82, 2.24) is 0 Å². The number of benzene rings is 2. The lowest BCUT2D eigenvalue weighted by molar-refractivity contribution is 0.219. The van der Waals surface area contributed by atoms with Gasteiger partial charge in [0.1, 0.15) is 17.7 Å². The highest BCUT2D eigenvalue weighted by atomic mass is 35.5. The number of hydrogen-bond donors (Lipinski definition) is 1. The molecule has 0 fully saturated rings. The van der Waals surface area contributed by atoms with Gasteiger partial charge in [-0.1, -0.05) is 29.8 Å². The molecule has 4 heteroatoms. The summed E-state index contributed by atoms with van der Waals surface area (Å²) in [5.74, 6) is -0.978. The van der Waals surface area contributed by atoms with Crippen LogP contribution in [0.3, 0.4) is 0 Å². The van der Waals surface area contributed by atoms with Gasteiger partial charge in [0.2, 0.25) is 0 Å². The molecule has 88 valence electrons. The summed E-state index contributed by atoms with van der Waals surface area (Å²) in [7, 11) is 0. The third-order valence-electron chi connectivity index (χ3n) is 2.45. The molecule has 0 amide bonds. The van der Waals surface area contributed by atoms with Crippen LogP contribution in [0.1, 0.15) is 17.2 Å². The second-order valence-corrected chi connectivity index (χ2v) is 4.03. The number of rotatable bonds is 2. The SMILES string of the molecule is O[C@@H](c1ccc(F)cc1)c1ccc(Cl)c(F)c1. The van der Waals surface area contributed by atoms with Crippen molar-refractivity contribution in [3.8, 4) is 0 Å². The van der Waals surface area contributed by atoms with Crippen molar-refractivity contribution in [2.45, 2.75) is 6.10 Å². The highest BCUT2D eigenvalue weighted by Crippen LogP contribution is 2.25. The van der Waals surface area contributed by atoms with Gasteiger partial charge in [-0.15, -0.1) is 0 Å². The monoisotopic (exact) mass is 254 g/mol. The third kappa shape index (κ3) is 2.62. The fourth-order valence-corrected chi connectivity index (χ4v) is 1.64. The molecule has 0 bridgehead atoms. The smallest absolute Gasteiger partial charge is 0.142 e. The molecule has 17 heavy (non-hydrogen) atoms. The van der Waals surface area contributed by atoms with Gasteiger partial charge in [0.15, 0.2) is 0 Å². The van der Waals surface area contributed by atoms with E-state index in [9.17, 15) is 13.9 Å². The molecule has 0 saturated heterocycles. The van der Waals surface area contributed by atoms with Crippen LogP contribution in [0.4, 0.5) is 8.78 Å². The molecule has 2 aromatic rings. The van der Waals surface area contributed by atoms with Crippen molar-refractivity contribution in [3.63, 3.8) is 0 Å². The molecule has 0 unspecified atom stereocenters. The molecule has 0 aliphatic carbocycles. The maximum Gasteiger partial charge on any atom is 0.142 e. The van der Waals surface area contributed by atoms with Crippen molar-refractivity contribution >= 4 is 11.6 Å². The van der Waals surface area contributed by atoms with Gasteiger partial charge in [-0.25, -0.2) is 8.78 Å². The number of aliphatic hydroxyl groups excluding tert-OH is 1. The van der Waals surface area contributed by atoms with E-state index in [0.29, 0.717) is 11.1 Å². The second kappa shape index (κ2) is 4.82. The number of aliphatic hydroxyl groups is 1. The molecule has 1 N–H and O–H groups in total. The minimum absolute atomic E-state index is 0.0000520. The van der Waals surface area contributed by atoms with Gasteiger partial charge >= 0.3 is 0 Å². The second-order valence-electron chi connectivity index (χ2n) is 3.63. The Morgan fingerprint density at radius 2 is 1.53 bits per heavy atom. The van der Waals surface area contributed by atoms with Crippen LogP contribution in [0.2, 0.25) is 5.02 Å². The predicted octanol–water partition coefficient (Wildman–Crippen LogP) is 3.70. The normalized spacial score (nSPS) is 12.5. The Balaban J connectivity index is 2.33. The molecule has 0 heterocycles. The molecular formula is C13H9ClF2O. The lowest BCUT2D eigenvalue weighted by Crippen LogP contribution is -2.00. The fourth-order valence-electron chi connectivity index (χ4n) is 1.52. The van der Waals surface area contributed by atoms with Gasteiger partial charge in [0, 0.05) is 0 Å².